The van der Waals surface area contributed by atoms with Crippen LogP contribution in [-0.2, 0) is 19.4 Å². The van der Waals surface area contributed by atoms with Crippen LogP contribution in [0.3, 0.4) is 0 Å². The van der Waals surface area contributed by atoms with Crippen LogP contribution in [0, 0.1) is 0 Å². The highest BCUT2D eigenvalue weighted by Crippen LogP contribution is 2.28. The fraction of sp³-hybridized carbons (Fsp3) is 0.158. The van der Waals surface area contributed by atoms with Gasteiger partial charge in [-0.3, -0.25) is 0 Å². The van der Waals surface area contributed by atoms with Gasteiger partial charge in [-0.1, -0.05) is 47.1 Å². The minimum Gasteiger partial charge on any atom is -0.486 e. The maximum atomic E-state index is 6.17. The van der Waals surface area contributed by atoms with Crippen molar-refractivity contribution < 1.29 is 9.15 Å². The molecule has 0 saturated heterocycles. The second kappa shape index (κ2) is 8.86. The summed E-state index contributed by atoms with van der Waals surface area (Å²) in [4.78, 5) is 0. The van der Waals surface area contributed by atoms with Crippen molar-refractivity contribution in [1.29, 1.82) is 0 Å². The van der Waals surface area contributed by atoms with Gasteiger partial charge in [0.25, 0.3) is 0 Å². The summed E-state index contributed by atoms with van der Waals surface area (Å²) in [5, 5.41) is 18.5. The van der Waals surface area contributed by atoms with Crippen LogP contribution in [0.25, 0.3) is 11.5 Å². The lowest BCUT2D eigenvalue weighted by molar-refractivity contribution is 0.290. The molecule has 2 aromatic carbocycles. The molecule has 10 heteroatoms. The lowest BCUT2D eigenvalue weighted by atomic mass is 10.2. The van der Waals surface area contributed by atoms with Gasteiger partial charge in [0, 0.05) is 12.1 Å². The van der Waals surface area contributed by atoms with Gasteiger partial charge in [-0.2, -0.15) is 0 Å². The number of benzene rings is 2. The second-order valence-corrected chi connectivity index (χ2v) is 7.76. The van der Waals surface area contributed by atoms with Crippen molar-refractivity contribution in [3.63, 3.8) is 0 Å². The number of nitrogens with zero attached hydrogens (tertiary/aromatic N) is 5. The van der Waals surface area contributed by atoms with E-state index in [-0.39, 0.29) is 0 Å². The summed E-state index contributed by atoms with van der Waals surface area (Å²) < 4.78 is 13.3. The van der Waals surface area contributed by atoms with Crippen LogP contribution in [0.4, 0.5) is 0 Å². The molecule has 0 aliphatic carbocycles. The quantitative estimate of drug-likeness (QED) is 0.367. The first-order valence-electron chi connectivity index (χ1n) is 8.57. The number of halogens is 2. The Morgan fingerprint density at radius 1 is 1.00 bits per heavy atom. The largest absolute Gasteiger partial charge is 0.486 e. The Morgan fingerprint density at radius 3 is 2.59 bits per heavy atom. The fourth-order valence-electron chi connectivity index (χ4n) is 2.46. The minimum atomic E-state index is 0.295. The van der Waals surface area contributed by atoms with E-state index in [9.17, 15) is 0 Å². The Balaban J connectivity index is 1.37. The van der Waals surface area contributed by atoms with Crippen molar-refractivity contribution in [2.75, 3.05) is 0 Å². The van der Waals surface area contributed by atoms with Crippen LogP contribution in [0.2, 0.25) is 10.0 Å². The molecule has 0 aliphatic rings. The molecule has 2 heterocycles. The van der Waals surface area contributed by atoms with E-state index in [0.29, 0.717) is 51.3 Å². The van der Waals surface area contributed by atoms with E-state index in [1.54, 1.807) is 30.3 Å². The molecule has 0 unspecified atom stereocenters. The topological polar surface area (TPSA) is 78.9 Å². The first-order valence-corrected chi connectivity index (χ1v) is 10.3. The Labute approximate surface area is 181 Å². The van der Waals surface area contributed by atoms with Gasteiger partial charge >= 0.3 is 0 Å². The fourth-order valence-corrected chi connectivity index (χ4v) is 3.57. The molecule has 7 nitrogen and oxygen atoms in total. The minimum absolute atomic E-state index is 0.295. The second-order valence-electron chi connectivity index (χ2n) is 5.97. The van der Waals surface area contributed by atoms with Gasteiger partial charge in [-0.15, -0.1) is 20.4 Å². The van der Waals surface area contributed by atoms with Crippen LogP contribution < -0.4 is 4.74 Å². The maximum Gasteiger partial charge on any atom is 0.249 e. The molecule has 0 saturated carbocycles. The molecule has 29 heavy (non-hydrogen) atoms. The number of hydrogen-bond acceptors (Lipinski definition) is 7. The Bertz CT molecular complexity index is 1110. The van der Waals surface area contributed by atoms with E-state index in [2.05, 4.69) is 20.4 Å². The molecule has 0 amide bonds. The maximum absolute atomic E-state index is 6.17. The third-order valence-electron chi connectivity index (χ3n) is 4.00. The third kappa shape index (κ3) is 4.72. The first-order chi connectivity index (χ1) is 14.1. The standard InChI is InChI=1S/C19H15Cl2N5O2S/c1-26-16(10-27-13-8-6-12(20)7-9-13)22-25-19(26)29-11-17-23-24-18(28-17)14-4-2-3-5-15(14)21/h2-9H,10-11H2,1H3. The zero-order chi connectivity index (χ0) is 20.2. The van der Waals surface area contributed by atoms with Crippen molar-refractivity contribution >= 4 is 35.0 Å². The van der Waals surface area contributed by atoms with Gasteiger partial charge in [0.15, 0.2) is 11.0 Å². The number of ether oxygens (including phenoxy) is 1. The predicted molar refractivity (Wildman–Crippen MR) is 111 cm³/mol. The lowest BCUT2D eigenvalue weighted by Gasteiger charge is -2.06. The molecule has 2 aromatic heterocycles. The van der Waals surface area contributed by atoms with Gasteiger partial charge in [-0.05, 0) is 36.4 Å². The highest BCUT2D eigenvalue weighted by molar-refractivity contribution is 7.98. The Kier molecular flexibility index (Phi) is 6.03. The molecule has 0 spiro atoms. The summed E-state index contributed by atoms with van der Waals surface area (Å²) in [6, 6.07) is 14.5. The number of hydrogen-bond donors (Lipinski definition) is 0. The van der Waals surface area contributed by atoms with E-state index in [4.69, 9.17) is 32.4 Å². The molecule has 0 bridgehead atoms. The smallest absolute Gasteiger partial charge is 0.249 e. The van der Waals surface area contributed by atoms with Gasteiger partial charge in [0.05, 0.1) is 16.3 Å². The normalized spacial score (nSPS) is 11.0. The summed E-state index contributed by atoms with van der Waals surface area (Å²) in [5.41, 5.74) is 0.707. The van der Waals surface area contributed by atoms with Gasteiger partial charge in [0.1, 0.15) is 12.4 Å². The highest BCUT2D eigenvalue weighted by atomic mass is 35.5. The summed E-state index contributed by atoms with van der Waals surface area (Å²) in [5.74, 6) is 2.74. The molecular formula is C19H15Cl2N5O2S. The molecule has 4 aromatic rings. The third-order valence-corrected chi connectivity index (χ3v) is 5.59. The number of rotatable bonds is 7. The summed E-state index contributed by atoms with van der Waals surface area (Å²) in [6.45, 7) is 0.295. The summed E-state index contributed by atoms with van der Waals surface area (Å²) in [7, 11) is 1.88. The van der Waals surface area contributed by atoms with Crippen molar-refractivity contribution in [3.05, 3.63) is 70.3 Å². The van der Waals surface area contributed by atoms with E-state index >= 15 is 0 Å². The molecule has 0 fully saturated rings. The average molecular weight is 448 g/mol. The molecule has 4 rings (SSSR count). The van der Waals surface area contributed by atoms with E-state index < -0.39 is 0 Å². The van der Waals surface area contributed by atoms with Crippen LogP contribution in [-0.4, -0.2) is 25.0 Å². The summed E-state index contributed by atoms with van der Waals surface area (Å²) in [6.07, 6.45) is 0. The number of aromatic nitrogens is 5. The Hall–Kier alpha value is -2.55. The highest BCUT2D eigenvalue weighted by Gasteiger charge is 2.14. The van der Waals surface area contributed by atoms with E-state index in [0.717, 1.165) is 5.16 Å². The van der Waals surface area contributed by atoms with Crippen LogP contribution in [0.15, 0.2) is 58.1 Å². The first kappa shape index (κ1) is 19.8. The lowest BCUT2D eigenvalue weighted by Crippen LogP contribution is -2.04. The van der Waals surface area contributed by atoms with Crippen LogP contribution in [0.5, 0.6) is 5.75 Å². The van der Waals surface area contributed by atoms with Crippen molar-refractivity contribution in [2.45, 2.75) is 17.5 Å². The SMILES string of the molecule is Cn1c(COc2ccc(Cl)cc2)nnc1SCc1nnc(-c2ccccc2Cl)o1. The zero-order valence-electron chi connectivity index (χ0n) is 15.2. The van der Waals surface area contributed by atoms with Gasteiger partial charge < -0.3 is 13.7 Å². The van der Waals surface area contributed by atoms with Crippen molar-refractivity contribution in [3.8, 4) is 17.2 Å². The zero-order valence-corrected chi connectivity index (χ0v) is 17.6. The monoisotopic (exact) mass is 447 g/mol. The molecular weight excluding hydrogens is 433 g/mol. The van der Waals surface area contributed by atoms with Crippen LogP contribution in [0.1, 0.15) is 11.7 Å². The summed E-state index contributed by atoms with van der Waals surface area (Å²) >= 11 is 13.5. The molecule has 0 radical (unpaired) electrons. The average Bonchev–Trinajstić information content (AvgIpc) is 3.33. The Morgan fingerprint density at radius 2 is 1.79 bits per heavy atom. The van der Waals surface area contributed by atoms with Crippen molar-refractivity contribution in [2.24, 2.45) is 7.05 Å². The van der Waals surface area contributed by atoms with Gasteiger partial charge in [0.2, 0.25) is 11.8 Å². The van der Waals surface area contributed by atoms with E-state index in [1.165, 1.54) is 11.8 Å². The van der Waals surface area contributed by atoms with Crippen LogP contribution >= 0.6 is 35.0 Å². The van der Waals surface area contributed by atoms with Gasteiger partial charge in [-0.25, -0.2) is 0 Å². The van der Waals surface area contributed by atoms with E-state index in [1.807, 2.05) is 29.8 Å². The molecule has 148 valence electrons. The molecule has 0 atom stereocenters. The predicted octanol–water partition coefficient (Wildman–Crippen LogP) is 5.04. The molecule has 0 N–H and O–H groups in total. The number of thioether (sulfide) groups is 1. The van der Waals surface area contributed by atoms with Crippen molar-refractivity contribution in [1.82, 2.24) is 25.0 Å². The molecule has 0 aliphatic heterocycles.